The number of nitrogens with one attached hydrogen (secondary N) is 1. The van der Waals surface area contributed by atoms with Crippen molar-refractivity contribution in [2.24, 2.45) is 5.92 Å². The molecule has 22 heavy (non-hydrogen) atoms. The van der Waals surface area contributed by atoms with E-state index in [2.05, 4.69) is 15.5 Å². The molecule has 0 saturated carbocycles. The van der Waals surface area contributed by atoms with Crippen LogP contribution in [0.2, 0.25) is 0 Å². The van der Waals surface area contributed by atoms with E-state index in [1.54, 1.807) is 19.1 Å². The van der Waals surface area contributed by atoms with Gasteiger partial charge < -0.3 is 19.4 Å². The van der Waals surface area contributed by atoms with E-state index >= 15 is 0 Å². The summed E-state index contributed by atoms with van der Waals surface area (Å²) >= 11 is 0. The fraction of sp³-hybridized carbons (Fsp3) is 0.533. The van der Waals surface area contributed by atoms with Crippen molar-refractivity contribution in [3.8, 4) is 11.6 Å². The highest BCUT2D eigenvalue weighted by atomic mass is 16.5. The van der Waals surface area contributed by atoms with E-state index in [1.165, 1.54) is 6.26 Å². The van der Waals surface area contributed by atoms with Crippen molar-refractivity contribution >= 4 is 5.91 Å². The van der Waals surface area contributed by atoms with Crippen LogP contribution in [0.25, 0.3) is 11.6 Å². The van der Waals surface area contributed by atoms with Crippen LogP contribution in [0, 0.1) is 5.92 Å². The highest BCUT2D eigenvalue weighted by molar-refractivity contribution is 5.76. The van der Waals surface area contributed by atoms with Crippen LogP contribution >= 0.6 is 0 Å². The summed E-state index contributed by atoms with van der Waals surface area (Å²) in [4.78, 5) is 15.9. The van der Waals surface area contributed by atoms with E-state index in [1.807, 2.05) is 6.92 Å². The van der Waals surface area contributed by atoms with Gasteiger partial charge in [-0.2, -0.15) is 4.98 Å². The van der Waals surface area contributed by atoms with Crippen molar-refractivity contribution < 1.29 is 18.8 Å². The van der Waals surface area contributed by atoms with Gasteiger partial charge >= 0.3 is 0 Å². The number of hydrogen-bond acceptors (Lipinski definition) is 6. The van der Waals surface area contributed by atoms with E-state index in [-0.39, 0.29) is 24.3 Å². The minimum Gasteiger partial charge on any atom is -0.461 e. The molecule has 2 N–H and O–H groups in total. The van der Waals surface area contributed by atoms with E-state index in [4.69, 9.17) is 8.94 Å². The maximum absolute atomic E-state index is 11.8. The second kappa shape index (κ2) is 7.74. The first-order valence-electron chi connectivity index (χ1n) is 7.36. The summed E-state index contributed by atoms with van der Waals surface area (Å²) in [5.41, 5.74) is 0. The molecule has 0 saturated heterocycles. The molecule has 0 aliphatic heterocycles. The first-order chi connectivity index (χ1) is 10.5. The molecule has 2 aromatic rings. The van der Waals surface area contributed by atoms with Crippen LogP contribution in [-0.2, 0) is 11.2 Å². The molecule has 2 aromatic heterocycles. The van der Waals surface area contributed by atoms with Crippen LogP contribution in [0.1, 0.15) is 32.6 Å². The van der Waals surface area contributed by atoms with Crippen LogP contribution in [0.3, 0.4) is 0 Å². The van der Waals surface area contributed by atoms with E-state index < -0.39 is 0 Å². The number of aliphatic hydroxyl groups is 1. The van der Waals surface area contributed by atoms with Gasteiger partial charge in [-0.15, -0.1) is 0 Å². The summed E-state index contributed by atoms with van der Waals surface area (Å²) in [5, 5.41) is 15.9. The monoisotopic (exact) mass is 307 g/mol. The molecule has 0 unspecified atom stereocenters. The predicted octanol–water partition coefficient (Wildman–Crippen LogP) is 1.79. The third kappa shape index (κ3) is 5.00. The van der Waals surface area contributed by atoms with Crippen molar-refractivity contribution in [3.63, 3.8) is 0 Å². The normalized spacial score (nSPS) is 13.8. The number of carbonyl (C=O) groups excluding carboxylic acids is 1. The molecule has 7 nitrogen and oxygen atoms in total. The Hall–Kier alpha value is -2.15. The zero-order valence-electron chi connectivity index (χ0n) is 12.8. The van der Waals surface area contributed by atoms with Gasteiger partial charge in [-0.3, -0.25) is 4.79 Å². The van der Waals surface area contributed by atoms with Gasteiger partial charge in [-0.1, -0.05) is 12.1 Å². The Morgan fingerprint density at radius 2 is 2.27 bits per heavy atom. The lowest BCUT2D eigenvalue weighted by molar-refractivity contribution is -0.121. The molecule has 0 spiro atoms. The van der Waals surface area contributed by atoms with E-state index in [0.717, 1.165) is 0 Å². The number of hydrogen-bond donors (Lipinski definition) is 2. The predicted molar refractivity (Wildman–Crippen MR) is 78.8 cm³/mol. The van der Waals surface area contributed by atoms with Gasteiger partial charge in [0.05, 0.1) is 12.4 Å². The molecule has 0 aliphatic rings. The van der Waals surface area contributed by atoms with E-state index in [0.29, 0.717) is 36.9 Å². The largest absolute Gasteiger partial charge is 0.461 e. The second-order valence-corrected chi connectivity index (χ2v) is 5.48. The third-order valence-corrected chi connectivity index (χ3v) is 3.17. The topological polar surface area (TPSA) is 101 Å². The number of aryl methyl sites for hydroxylation is 1. The Morgan fingerprint density at radius 1 is 1.45 bits per heavy atom. The first-order valence-corrected chi connectivity index (χ1v) is 7.36. The minimum atomic E-state index is -0.356. The van der Waals surface area contributed by atoms with Crippen molar-refractivity contribution in [3.05, 3.63) is 24.3 Å². The summed E-state index contributed by atoms with van der Waals surface area (Å²) in [5.74, 6) is 1.48. The van der Waals surface area contributed by atoms with Crippen molar-refractivity contribution in [1.82, 2.24) is 15.5 Å². The van der Waals surface area contributed by atoms with Gasteiger partial charge in [0.1, 0.15) is 0 Å². The minimum absolute atomic E-state index is 0.0739. The number of carbonyl (C=O) groups is 1. The summed E-state index contributed by atoms with van der Waals surface area (Å²) in [6.45, 7) is 4.27. The van der Waals surface area contributed by atoms with Gasteiger partial charge in [-0.05, 0) is 31.4 Å². The highest BCUT2D eigenvalue weighted by Crippen LogP contribution is 2.16. The van der Waals surface area contributed by atoms with Crippen LogP contribution in [0.4, 0.5) is 0 Å². The molecule has 7 heteroatoms. The quantitative estimate of drug-likeness (QED) is 0.771. The van der Waals surface area contributed by atoms with Crippen LogP contribution in [0.15, 0.2) is 27.3 Å². The molecule has 2 atom stereocenters. The lowest BCUT2D eigenvalue weighted by Gasteiger charge is -2.13. The Balaban J connectivity index is 1.72. The third-order valence-electron chi connectivity index (χ3n) is 3.17. The van der Waals surface area contributed by atoms with Crippen LogP contribution in [0.5, 0.6) is 0 Å². The van der Waals surface area contributed by atoms with E-state index in [9.17, 15) is 9.90 Å². The molecule has 0 radical (unpaired) electrons. The SMILES string of the molecule is C[C@@H](CNC(=O)CCc1nc(-c2ccco2)no1)C[C@@H](C)O. The summed E-state index contributed by atoms with van der Waals surface area (Å²) in [7, 11) is 0. The fourth-order valence-electron chi connectivity index (χ4n) is 2.12. The van der Waals surface area contributed by atoms with Gasteiger partial charge in [-0.25, -0.2) is 0 Å². The van der Waals surface area contributed by atoms with Gasteiger partial charge in [0.15, 0.2) is 5.76 Å². The maximum atomic E-state index is 11.8. The highest BCUT2D eigenvalue weighted by Gasteiger charge is 2.13. The maximum Gasteiger partial charge on any atom is 0.238 e. The lowest BCUT2D eigenvalue weighted by atomic mass is 10.0. The number of rotatable bonds is 8. The zero-order valence-corrected chi connectivity index (χ0v) is 12.8. The van der Waals surface area contributed by atoms with Crippen LogP contribution < -0.4 is 5.32 Å². The summed E-state index contributed by atoms with van der Waals surface area (Å²) < 4.78 is 10.3. The molecule has 0 bridgehead atoms. The van der Waals surface area contributed by atoms with Gasteiger partial charge in [0, 0.05) is 19.4 Å². The molecule has 1 amide bonds. The summed E-state index contributed by atoms with van der Waals surface area (Å²) in [6, 6.07) is 3.48. The molecule has 0 aliphatic carbocycles. The standard InChI is InChI=1S/C15H21N3O4/c1-10(8-11(2)19)9-16-13(20)5-6-14-17-15(18-22-14)12-4-3-7-21-12/h3-4,7,10-11,19H,5-6,8-9H2,1-2H3,(H,16,20)/t10-,11-/m1/s1. The Labute approximate surface area is 128 Å². The smallest absolute Gasteiger partial charge is 0.238 e. The first kappa shape index (κ1) is 16.2. The van der Waals surface area contributed by atoms with Crippen molar-refractivity contribution in [2.75, 3.05) is 6.54 Å². The molecular weight excluding hydrogens is 286 g/mol. The Bertz CT molecular complexity index is 577. The van der Waals surface area contributed by atoms with Crippen molar-refractivity contribution in [1.29, 1.82) is 0 Å². The van der Waals surface area contributed by atoms with Crippen molar-refractivity contribution in [2.45, 2.75) is 39.2 Å². The number of aliphatic hydroxyl groups excluding tert-OH is 1. The molecule has 0 aromatic carbocycles. The molecule has 0 fully saturated rings. The number of aromatic nitrogens is 2. The fourth-order valence-corrected chi connectivity index (χ4v) is 2.12. The second-order valence-electron chi connectivity index (χ2n) is 5.48. The molecule has 2 heterocycles. The lowest BCUT2D eigenvalue weighted by Crippen LogP contribution is -2.29. The average Bonchev–Trinajstić information content (AvgIpc) is 3.12. The molecular formula is C15H21N3O4. The number of furan rings is 1. The molecule has 2 rings (SSSR count). The average molecular weight is 307 g/mol. The van der Waals surface area contributed by atoms with Gasteiger partial charge in [0.2, 0.25) is 17.6 Å². The molecule has 120 valence electrons. The number of nitrogens with zero attached hydrogens (tertiary/aromatic N) is 2. The van der Waals surface area contributed by atoms with Crippen LogP contribution in [-0.4, -0.2) is 33.8 Å². The number of amides is 1. The Kier molecular flexibility index (Phi) is 5.71. The Morgan fingerprint density at radius 3 is 2.95 bits per heavy atom. The van der Waals surface area contributed by atoms with Gasteiger partial charge in [0.25, 0.3) is 0 Å². The zero-order chi connectivity index (χ0) is 15.9. The summed E-state index contributed by atoms with van der Waals surface area (Å²) in [6.07, 6.45) is 2.50.